The molecule has 1 saturated carbocycles. The highest BCUT2D eigenvalue weighted by molar-refractivity contribution is 5.81. The van der Waals surface area contributed by atoms with Crippen LogP contribution >= 0.6 is 0 Å². The normalized spacial score (nSPS) is 35.5. The molecule has 17 heavy (non-hydrogen) atoms. The van der Waals surface area contributed by atoms with E-state index >= 15 is 0 Å². The number of hydrogen-bond donors (Lipinski definition) is 1. The lowest BCUT2D eigenvalue weighted by Crippen LogP contribution is -2.61. The fourth-order valence-electron chi connectivity index (χ4n) is 3.17. The molecule has 0 spiro atoms. The zero-order valence-corrected chi connectivity index (χ0v) is 11.0. The van der Waals surface area contributed by atoms with Crippen LogP contribution in [-0.4, -0.2) is 49.7 Å². The minimum absolute atomic E-state index is 0.0219. The van der Waals surface area contributed by atoms with E-state index in [1.807, 2.05) is 0 Å². The number of carbonyl (C=O) groups is 1. The summed E-state index contributed by atoms with van der Waals surface area (Å²) < 4.78 is 5.08. The fourth-order valence-corrected chi connectivity index (χ4v) is 3.17. The van der Waals surface area contributed by atoms with Crippen molar-refractivity contribution in [3.8, 4) is 0 Å². The molecule has 0 bridgehead atoms. The van der Waals surface area contributed by atoms with Crippen LogP contribution < -0.4 is 5.32 Å². The number of hydrogen-bond acceptors (Lipinski definition) is 4. The molecule has 0 radical (unpaired) electrons. The van der Waals surface area contributed by atoms with Gasteiger partial charge >= 0.3 is 5.97 Å². The Morgan fingerprint density at radius 3 is 2.41 bits per heavy atom. The Bertz CT molecular complexity index is 267. The van der Waals surface area contributed by atoms with Gasteiger partial charge in [0.15, 0.2) is 0 Å². The van der Waals surface area contributed by atoms with Crippen LogP contribution in [0.25, 0.3) is 0 Å². The molecule has 1 aliphatic heterocycles. The Kier molecular flexibility index (Phi) is 4.05. The largest absolute Gasteiger partial charge is 0.468 e. The summed E-state index contributed by atoms with van der Waals surface area (Å²) in [5.74, 6) is 0.724. The lowest BCUT2D eigenvalue weighted by atomic mass is 9.75. The molecule has 4 nitrogen and oxygen atoms in total. The minimum atomic E-state index is -0.330. The van der Waals surface area contributed by atoms with E-state index in [0.717, 1.165) is 57.8 Å². The van der Waals surface area contributed by atoms with Crippen molar-refractivity contribution in [2.75, 3.05) is 33.3 Å². The second kappa shape index (κ2) is 5.36. The van der Waals surface area contributed by atoms with E-state index in [1.165, 1.54) is 7.11 Å². The summed E-state index contributed by atoms with van der Waals surface area (Å²) in [6, 6.07) is 0. The molecule has 0 aromatic rings. The average molecular weight is 240 g/mol. The summed E-state index contributed by atoms with van der Waals surface area (Å²) in [5, 5.41) is 3.34. The third-order valence-electron chi connectivity index (χ3n) is 4.39. The first-order chi connectivity index (χ1) is 8.19. The molecule has 4 heteroatoms. The number of methoxy groups -OCH3 is 1. The van der Waals surface area contributed by atoms with Gasteiger partial charge in [0.2, 0.25) is 0 Å². The molecular weight excluding hydrogens is 216 g/mol. The number of nitrogens with one attached hydrogen (secondary N) is 1. The fraction of sp³-hybridized carbons (Fsp3) is 0.923. The summed E-state index contributed by atoms with van der Waals surface area (Å²) in [7, 11) is 1.52. The molecule has 2 fully saturated rings. The Labute approximate surface area is 104 Å². The molecule has 2 rings (SSSR count). The van der Waals surface area contributed by atoms with Crippen molar-refractivity contribution < 1.29 is 9.53 Å². The van der Waals surface area contributed by atoms with Crippen LogP contribution in [0.4, 0.5) is 0 Å². The third-order valence-corrected chi connectivity index (χ3v) is 4.39. The van der Waals surface area contributed by atoms with Crippen LogP contribution in [0, 0.1) is 5.92 Å². The van der Waals surface area contributed by atoms with Crippen LogP contribution in [0.3, 0.4) is 0 Å². The van der Waals surface area contributed by atoms with E-state index in [1.54, 1.807) is 0 Å². The van der Waals surface area contributed by atoms with Crippen molar-refractivity contribution in [1.82, 2.24) is 10.2 Å². The second-order valence-electron chi connectivity index (χ2n) is 5.44. The smallest absolute Gasteiger partial charge is 0.326 e. The van der Waals surface area contributed by atoms with Gasteiger partial charge in [0.1, 0.15) is 5.54 Å². The first-order valence-corrected chi connectivity index (χ1v) is 6.73. The molecule has 0 unspecified atom stereocenters. The molecule has 2 aliphatic rings. The summed E-state index contributed by atoms with van der Waals surface area (Å²) >= 11 is 0. The Morgan fingerprint density at radius 1 is 1.29 bits per heavy atom. The van der Waals surface area contributed by atoms with Crippen molar-refractivity contribution in [3.63, 3.8) is 0 Å². The van der Waals surface area contributed by atoms with E-state index in [0.29, 0.717) is 0 Å². The van der Waals surface area contributed by atoms with E-state index in [4.69, 9.17) is 4.74 Å². The van der Waals surface area contributed by atoms with E-state index in [9.17, 15) is 4.79 Å². The number of rotatable bonds is 2. The van der Waals surface area contributed by atoms with Crippen LogP contribution in [0.15, 0.2) is 0 Å². The molecule has 1 saturated heterocycles. The first kappa shape index (κ1) is 12.8. The number of esters is 1. The van der Waals surface area contributed by atoms with Gasteiger partial charge < -0.3 is 10.1 Å². The minimum Gasteiger partial charge on any atom is -0.468 e. The predicted octanol–water partition coefficient (Wildman–Crippen LogP) is 1.01. The van der Waals surface area contributed by atoms with Gasteiger partial charge in [-0.3, -0.25) is 9.69 Å². The number of ether oxygens (including phenoxy) is 1. The Morgan fingerprint density at radius 2 is 1.88 bits per heavy atom. The van der Waals surface area contributed by atoms with Crippen molar-refractivity contribution in [1.29, 1.82) is 0 Å². The zero-order chi connectivity index (χ0) is 12.3. The maximum Gasteiger partial charge on any atom is 0.326 e. The molecule has 0 aromatic carbocycles. The van der Waals surface area contributed by atoms with Gasteiger partial charge in [0.05, 0.1) is 7.11 Å². The molecule has 0 aromatic heterocycles. The standard InChI is InChI=1S/C13H24N2O2/c1-11-3-5-13(6-4-11,12(16)17-2)15-9-7-14-8-10-15/h11,14H,3-10H2,1-2H3. The van der Waals surface area contributed by atoms with Crippen molar-refractivity contribution in [2.24, 2.45) is 5.92 Å². The monoisotopic (exact) mass is 240 g/mol. The lowest BCUT2D eigenvalue weighted by molar-refractivity contribution is -0.159. The summed E-state index contributed by atoms with van der Waals surface area (Å²) in [4.78, 5) is 14.6. The van der Waals surface area contributed by atoms with Crippen LogP contribution in [0.1, 0.15) is 32.6 Å². The molecule has 0 amide bonds. The number of nitrogens with zero attached hydrogens (tertiary/aromatic N) is 1. The highest BCUT2D eigenvalue weighted by Gasteiger charge is 2.46. The van der Waals surface area contributed by atoms with Gasteiger partial charge in [-0.1, -0.05) is 6.92 Å². The Balaban J connectivity index is 2.14. The highest BCUT2D eigenvalue weighted by Crippen LogP contribution is 2.37. The molecular formula is C13H24N2O2. The van der Waals surface area contributed by atoms with Crippen molar-refractivity contribution in [3.05, 3.63) is 0 Å². The number of piperazine rings is 1. The van der Waals surface area contributed by atoms with Crippen LogP contribution in [0.2, 0.25) is 0 Å². The summed E-state index contributed by atoms with van der Waals surface area (Å²) in [6.45, 7) is 6.16. The lowest BCUT2D eigenvalue weighted by Gasteiger charge is -2.46. The quantitative estimate of drug-likeness (QED) is 0.732. The maximum atomic E-state index is 12.2. The van der Waals surface area contributed by atoms with Gasteiger partial charge in [0.25, 0.3) is 0 Å². The topological polar surface area (TPSA) is 41.6 Å². The predicted molar refractivity (Wildman–Crippen MR) is 66.8 cm³/mol. The van der Waals surface area contributed by atoms with E-state index in [-0.39, 0.29) is 11.5 Å². The van der Waals surface area contributed by atoms with E-state index in [2.05, 4.69) is 17.1 Å². The average Bonchev–Trinajstić information content (AvgIpc) is 2.40. The van der Waals surface area contributed by atoms with E-state index < -0.39 is 0 Å². The van der Waals surface area contributed by atoms with Crippen LogP contribution in [0.5, 0.6) is 0 Å². The highest BCUT2D eigenvalue weighted by atomic mass is 16.5. The van der Waals surface area contributed by atoms with Crippen molar-refractivity contribution >= 4 is 5.97 Å². The molecule has 1 aliphatic carbocycles. The van der Waals surface area contributed by atoms with Gasteiger partial charge in [0, 0.05) is 26.2 Å². The molecule has 0 atom stereocenters. The summed E-state index contributed by atoms with van der Waals surface area (Å²) in [6.07, 6.45) is 4.19. The summed E-state index contributed by atoms with van der Waals surface area (Å²) in [5.41, 5.74) is -0.330. The molecule has 1 N–H and O–H groups in total. The van der Waals surface area contributed by atoms with Gasteiger partial charge in [-0.05, 0) is 31.6 Å². The molecule has 1 heterocycles. The number of carbonyl (C=O) groups excluding carboxylic acids is 1. The van der Waals surface area contributed by atoms with Gasteiger partial charge in [-0.15, -0.1) is 0 Å². The zero-order valence-electron chi connectivity index (χ0n) is 11.0. The van der Waals surface area contributed by atoms with Gasteiger partial charge in [-0.2, -0.15) is 0 Å². The SMILES string of the molecule is COC(=O)C1(N2CCNCC2)CCC(C)CC1. The Hall–Kier alpha value is -0.610. The maximum absolute atomic E-state index is 12.2. The van der Waals surface area contributed by atoms with Crippen molar-refractivity contribution in [2.45, 2.75) is 38.1 Å². The third kappa shape index (κ3) is 2.47. The van der Waals surface area contributed by atoms with Crippen LogP contribution in [-0.2, 0) is 9.53 Å². The van der Waals surface area contributed by atoms with Gasteiger partial charge in [-0.25, -0.2) is 0 Å². The molecule has 98 valence electrons. The second-order valence-corrected chi connectivity index (χ2v) is 5.44. The first-order valence-electron chi connectivity index (χ1n) is 6.73.